The predicted molar refractivity (Wildman–Crippen MR) is 74.0 cm³/mol. The van der Waals surface area contributed by atoms with E-state index in [9.17, 15) is 13.6 Å². The number of para-hydroxylation sites is 1. The van der Waals surface area contributed by atoms with Gasteiger partial charge in [0.1, 0.15) is 17.3 Å². The van der Waals surface area contributed by atoms with E-state index < -0.39 is 23.4 Å². The van der Waals surface area contributed by atoms with Crippen molar-refractivity contribution >= 4 is 11.7 Å². The minimum Gasteiger partial charge on any atom is -0.376 e. The zero-order valence-corrected chi connectivity index (χ0v) is 11.6. The number of nitrogens with zero attached hydrogens (tertiary/aromatic N) is 1. The van der Waals surface area contributed by atoms with Gasteiger partial charge in [0.2, 0.25) is 0 Å². The van der Waals surface area contributed by atoms with Crippen LogP contribution in [0.3, 0.4) is 0 Å². The Kier molecular flexibility index (Phi) is 4.05. The van der Waals surface area contributed by atoms with Crippen molar-refractivity contribution in [3.63, 3.8) is 0 Å². The molecule has 3 rings (SSSR count). The molecule has 1 saturated heterocycles. The number of nitrogens with one attached hydrogen (secondary N) is 1. The lowest BCUT2D eigenvalue weighted by Crippen LogP contribution is -2.34. The predicted octanol–water partition coefficient (Wildman–Crippen LogP) is 3.00. The number of likely N-dealkylation sites (tertiary alicyclic amines) is 1. The summed E-state index contributed by atoms with van der Waals surface area (Å²) in [5.74, 6) is -0.867. The molecule has 1 aliphatic carbocycles. The van der Waals surface area contributed by atoms with Gasteiger partial charge < -0.3 is 15.0 Å². The summed E-state index contributed by atoms with van der Waals surface area (Å²) >= 11 is 0. The molecule has 1 N–H and O–H groups in total. The Hall–Kier alpha value is -1.69. The summed E-state index contributed by atoms with van der Waals surface area (Å²) in [6.45, 7) is 1.76. The van der Waals surface area contributed by atoms with Crippen LogP contribution in [0.25, 0.3) is 0 Å². The first-order valence-electron chi connectivity index (χ1n) is 7.25. The van der Waals surface area contributed by atoms with Gasteiger partial charge in [-0.15, -0.1) is 0 Å². The summed E-state index contributed by atoms with van der Waals surface area (Å²) in [6.07, 6.45) is 3.24. The van der Waals surface area contributed by atoms with Crippen molar-refractivity contribution < 1.29 is 18.3 Å². The van der Waals surface area contributed by atoms with Crippen molar-refractivity contribution in [2.24, 2.45) is 5.92 Å². The molecule has 114 valence electrons. The Morgan fingerprint density at radius 1 is 1.29 bits per heavy atom. The fraction of sp³-hybridized carbons (Fsp3) is 0.533. The van der Waals surface area contributed by atoms with E-state index in [1.165, 1.54) is 23.8 Å². The number of carbonyl (C=O) groups is 1. The van der Waals surface area contributed by atoms with Crippen LogP contribution in [0.5, 0.6) is 0 Å². The molecule has 1 aliphatic heterocycles. The number of halogens is 2. The summed E-state index contributed by atoms with van der Waals surface area (Å²) in [4.78, 5) is 13.6. The zero-order chi connectivity index (χ0) is 14.8. The number of amides is 2. The van der Waals surface area contributed by atoms with Crippen molar-refractivity contribution in [1.82, 2.24) is 4.90 Å². The molecular weight excluding hydrogens is 278 g/mol. The van der Waals surface area contributed by atoms with Gasteiger partial charge >= 0.3 is 6.03 Å². The average Bonchev–Trinajstić information content (AvgIpc) is 3.17. The van der Waals surface area contributed by atoms with E-state index in [1.807, 2.05) is 0 Å². The average molecular weight is 296 g/mol. The van der Waals surface area contributed by atoms with Gasteiger partial charge in [-0.2, -0.15) is 0 Å². The molecule has 0 spiro atoms. The molecule has 21 heavy (non-hydrogen) atoms. The van der Waals surface area contributed by atoms with Gasteiger partial charge in [0, 0.05) is 19.7 Å². The van der Waals surface area contributed by atoms with E-state index in [0.717, 1.165) is 25.2 Å². The Balaban J connectivity index is 1.53. The maximum absolute atomic E-state index is 13.5. The van der Waals surface area contributed by atoms with Gasteiger partial charge in [-0.1, -0.05) is 6.07 Å². The second kappa shape index (κ2) is 5.97. The molecule has 2 fully saturated rings. The number of benzene rings is 1. The first-order valence-corrected chi connectivity index (χ1v) is 7.25. The quantitative estimate of drug-likeness (QED) is 0.928. The molecule has 1 saturated carbocycles. The van der Waals surface area contributed by atoms with Crippen molar-refractivity contribution in [2.75, 3.05) is 25.0 Å². The minimum absolute atomic E-state index is 0.0295. The number of ether oxygens (including phenoxy) is 1. The maximum atomic E-state index is 13.5. The molecule has 1 aromatic rings. The lowest BCUT2D eigenvalue weighted by molar-refractivity contribution is 0.0542. The molecule has 6 heteroatoms. The van der Waals surface area contributed by atoms with Crippen LogP contribution in [0, 0.1) is 17.6 Å². The van der Waals surface area contributed by atoms with E-state index in [2.05, 4.69) is 5.32 Å². The highest BCUT2D eigenvalue weighted by Gasteiger charge is 2.30. The second-order valence-corrected chi connectivity index (χ2v) is 5.66. The number of hydrogen-bond acceptors (Lipinski definition) is 2. The van der Waals surface area contributed by atoms with Gasteiger partial charge in [-0.25, -0.2) is 13.6 Å². The molecule has 0 radical (unpaired) electrons. The first kappa shape index (κ1) is 14.3. The normalized spacial score (nSPS) is 21.6. The molecule has 0 aromatic heterocycles. The van der Waals surface area contributed by atoms with Crippen LogP contribution in [0.2, 0.25) is 0 Å². The van der Waals surface area contributed by atoms with Gasteiger partial charge in [0.25, 0.3) is 0 Å². The van der Waals surface area contributed by atoms with E-state index >= 15 is 0 Å². The second-order valence-electron chi connectivity index (χ2n) is 5.66. The molecule has 4 nitrogen and oxygen atoms in total. The first-order chi connectivity index (χ1) is 10.1. The fourth-order valence-electron chi connectivity index (χ4n) is 2.41. The number of rotatable bonds is 4. The Morgan fingerprint density at radius 2 is 2.00 bits per heavy atom. The molecule has 2 amide bonds. The Bertz CT molecular complexity index is 514. The third-order valence-electron chi connectivity index (χ3n) is 3.89. The van der Waals surface area contributed by atoms with Gasteiger partial charge in [0.15, 0.2) is 0 Å². The summed E-state index contributed by atoms with van der Waals surface area (Å²) in [5.41, 5.74) is -0.398. The highest BCUT2D eigenvalue weighted by atomic mass is 19.1. The molecular formula is C15H18F2N2O2. The summed E-state index contributed by atoms with van der Waals surface area (Å²) in [7, 11) is 0. The van der Waals surface area contributed by atoms with Gasteiger partial charge in [-0.3, -0.25) is 0 Å². The third kappa shape index (κ3) is 3.50. The zero-order valence-electron chi connectivity index (χ0n) is 11.6. The van der Waals surface area contributed by atoms with Gasteiger partial charge in [0.05, 0.1) is 6.10 Å². The van der Waals surface area contributed by atoms with Crippen molar-refractivity contribution in [2.45, 2.75) is 25.4 Å². The van der Waals surface area contributed by atoms with E-state index in [0.29, 0.717) is 19.0 Å². The highest BCUT2D eigenvalue weighted by molar-refractivity contribution is 5.89. The minimum atomic E-state index is -0.774. The van der Waals surface area contributed by atoms with E-state index in [1.54, 1.807) is 0 Å². The van der Waals surface area contributed by atoms with Crippen LogP contribution in [-0.4, -0.2) is 36.7 Å². The third-order valence-corrected chi connectivity index (χ3v) is 3.89. The smallest absolute Gasteiger partial charge is 0.322 e. The lowest BCUT2D eigenvalue weighted by Gasteiger charge is -2.18. The van der Waals surface area contributed by atoms with Crippen LogP contribution < -0.4 is 5.32 Å². The fourth-order valence-corrected chi connectivity index (χ4v) is 2.41. The number of carbonyl (C=O) groups excluding carboxylic acids is 1. The largest absolute Gasteiger partial charge is 0.376 e. The lowest BCUT2D eigenvalue weighted by atomic mass is 10.3. The van der Waals surface area contributed by atoms with Crippen LogP contribution in [0.1, 0.15) is 19.3 Å². The molecule has 1 aromatic carbocycles. The van der Waals surface area contributed by atoms with E-state index in [4.69, 9.17) is 4.74 Å². The molecule has 0 bridgehead atoms. The Morgan fingerprint density at radius 3 is 2.67 bits per heavy atom. The van der Waals surface area contributed by atoms with Gasteiger partial charge in [-0.05, 0) is 37.3 Å². The van der Waals surface area contributed by atoms with Crippen LogP contribution in [0.15, 0.2) is 18.2 Å². The summed E-state index contributed by atoms with van der Waals surface area (Å²) in [6, 6.07) is 3.00. The monoisotopic (exact) mass is 296 g/mol. The number of anilines is 1. The topological polar surface area (TPSA) is 41.6 Å². The molecule has 2 aliphatic rings. The van der Waals surface area contributed by atoms with E-state index in [-0.39, 0.29) is 6.10 Å². The SMILES string of the molecule is O=C(Nc1c(F)cccc1F)N1CCC(OCC2CC2)C1. The summed E-state index contributed by atoms with van der Waals surface area (Å²) in [5, 5.41) is 2.30. The van der Waals surface area contributed by atoms with Crippen LogP contribution in [0.4, 0.5) is 19.3 Å². The Labute approximate surface area is 122 Å². The van der Waals surface area contributed by atoms with Crippen LogP contribution >= 0.6 is 0 Å². The number of hydrogen-bond donors (Lipinski definition) is 1. The van der Waals surface area contributed by atoms with Crippen molar-refractivity contribution in [1.29, 1.82) is 0 Å². The highest BCUT2D eigenvalue weighted by Crippen LogP contribution is 2.30. The van der Waals surface area contributed by atoms with Crippen LogP contribution in [-0.2, 0) is 4.74 Å². The van der Waals surface area contributed by atoms with Crippen molar-refractivity contribution in [3.05, 3.63) is 29.8 Å². The summed E-state index contributed by atoms with van der Waals surface area (Å²) < 4.78 is 32.7. The molecule has 1 heterocycles. The molecule has 1 unspecified atom stereocenters. The molecule has 1 atom stereocenters. The standard InChI is InChI=1S/C15H18F2N2O2/c16-12-2-1-3-13(17)14(12)18-15(20)19-7-6-11(8-19)21-9-10-4-5-10/h1-3,10-11H,4-9H2,(H,18,20). The number of urea groups is 1. The maximum Gasteiger partial charge on any atom is 0.322 e. The van der Waals surface area contributed by atoms with Crippen molar-refractivity contribution in [3.8, 4) is 0 Å².